The lowest BCUT2D eigenvalue weighted by atomic mass is 9.40. The van der Waals surface area contributed by atoms with Crippen molar-refractivity contribution in [1.29, 1.82) is 0 Å². The molecule has 0 aromatic rings. The van der Waals surface area contributed by atoms with Crippen LogP contribution in [0.2, 0.25) is 0 Å². The molecule has 4 aliphatic carbocycles. The van der Waals surface area contributed by atoms with Crippen LogP contribution in [0.3, 0.4) is 0 Å². The Morgan fingerprint density at radius 3 is 2.24 bits per heavy atom. The molecule has 2 bridgehead atoms. The van der Waals surface area contributed by atoms with Gasteiger partial charge in [0.05, 0.1) is 24.9 Å². The Labute approximate surface area is 150 Å². The van der Waals surface area contributed by atoms with E-state index in [2.05, 4.69) is 20.8 Å². The first kappa shape index (κ1) is 18.2. The minimum atomic E-state index is -1.61. The van der Waals surface area contributed by atoms with Crippen molar-refractivity contribution >= 4 is 0 Å². The highest BCUT2D eigenvalue weighted by atomic mass is 16.4. The highest BCUT2D eigenvalue weighted by molar-refractivity contribution is 5.24. The maximum atomic E-state index is 11.1. The quantitative estimate of drug-likeness (QED) is 0.485. The second-order valence-electron chi connectivity index (χ2n) is 10.5. The molecule has 0 heterocycles. The van der Waals surface area contributed by atoms with Crippen LogP contribution in [-0.2, 0) is 0 Å². The zero-order valence-corrected chi connectivity index (χ0v) is 15.6. The van der Waals surface area contributed by atoms with Crippen molar-refractivity contribution in [3.63, 3.8) is 0 Å². The van der Waals surface area contributed by atoms with E-state index in [1.54, 1.807) is 0 Å². The third-order valence-corrected chi connectivity index (χ3v) is 9.06. The van der Waals surface area contributed by atoms with Crippen LogP contribution >= 0.6 is 0 Å². The highest BCUT2D eigenvalue weighted by Gasteiger charge is 2.75. The summed E-state index contributed by atoms with van der Waals surface area (Å²) in [6, 6.07) is 0. The summed E-state index contributed by atoms with van der Waals surface area (Å²) < 4.78 is 0. The topological polar surface area (TPSA) is 101 Å². The van der Waals surface area contributed by atoms with Gasteiger partial charge in [-0.15, -0.1) is 0 Å². The van der Waals surface area contributed by atoms with E-state index >= 15 is 0 Å². The molecule has 9 atom stereocenters. The van der Waals surface area contributed by atoms with Gasteiger partial charge in [-0.2, -0.15) is 0 Å². The van der Waals surface area contributed by atoms with E-state index in [0.29, 0.717) is 25.2 Å². The molecule has 4 rings (SSSR count). The number of hydrogen-bond acceptors (Lipinski definition) is 5. The summed E-state index contributed by atoms with van der Waals surface area (Å²) in [5.74, 6) is 0.0121. The number of hydrogen-bond donors (Lipinski definition) is 5. The molecule has 4 saturated carbocycles. The summed E-state index contributed by atoms with van der Waals surface area (Å²) in [5, 5.41) is 53.6. The van der Waals surface area contributed by atoms with E-state index in [0.717, 1.165) is 19.3 Å². The van der Waals surface area contributed by atoms with Gasteiger partial charge in [0.15, 0.2) is 0 Å². The molecule has 1 spiro atoms. The molecule has 4 aliphatic rings. The molecule has 0 saturated heterocycles. The van der Waals surface area contributed by atoms with Crippen LogP contribution in [0.1, 0.15) is 59.3 Å². The molecular weight excluding hydrogens is 320 g/mol. The van der Waals surface area contributed by atoms with Gasteiger partial charge in [0.25, 0.3) is 0 Å². The van der Waals surface area contributed by atoms with Crippen molar-refractivity contribution in [1.82, 2.24) is 0 Å². The van der Waals surface area contributed by atoms with Crippen LogP contribution in [0.5, 0.6) is 0 Å². The van der Waals surface area contributed by atoms with Crippen molar-refractivity contribution in [3.8, 4) is 0 Å². The van der Waals surface area contributed by atoms with Gasteiger partial charge in [-0.3, -0.25) is 0 Å². The summed E-state index contributed by atoms with van der Waals surface area (Å²) >= 11 is 0. The maximum absolute atomic E-state index is 11.1. The molecule has 0 aromatic carbocycles. The lowest BCUT2D eigenvalue weighted by Crippen LogP contribution is -2.64. The lowest BCUT2D eigenvalue weighted by molar-refractivity contribution is -0.223. The fourth-order valence-corrected chi connectivity index (χ4v) is 8.37. The number of aliphatic hydroxyl groups excluding tert-OH is 4. The molecular formula is C20H34O5. The van der Waals surface area contributed by atoms with E-state index in [1.165, 1.54) is 0 Å². The van der Waals surface area contributed by atoms with Crippen molar-refractivity contribution < 1.29 is 25.5 Å². The van der Waals surface area contributed by atoms with E-state index in [9.17, 15) is 25.5 Å². The summed E-state index contributed by atoms with van der Waals surface area (Å²) in [5.41, 5.74) is -2.53. The van der Waals surface area contributed by atoms with Crippen LogP contribution in [0.4, 0.5) is 0 Å². The van der Waals surface area contributed by atoms with Crippen LogP contribution < -0.4 is 0 Å². The number of aliphatic hydroxyl groups is 5. The Bertz CT molecular complexity index is 564. The van der Waals surface area contributed by atoms with Gasteiger partial charge < -0.3 is 25.5 Å². The van der Waals surface area contributed by atoms with Crippen LogP contribution in [-0.4, -0.2) is 56.1 Å². The molecule has 144 valence electrons. The second-order valence-corrected chi connectivity index (χ2v) is 10.5. The SMILES string of the molecule is CC1(C)C[C@@H](O)C[C@]2(C)[C@@H]1CC[C@@]13[C@@H](O)[C@@H](CC[C@@H]21)[C@@](O)(CO)[C@@H]3O. The van der Waals surface area contributed by atoms with Crippen molar-refractivity contribution in [3.05, 3.63) is 0 Å². The molecule has 0 radical (unpaired) electrons. The molecule has 25 heavy (non-hydrogen) atoms. The Morgan fingerprint density at radius 2 is 1.60 bits per heavy atom. The highest BCUT2D eigenvalue weighted by Crippen LogP contribution is 2.72. The fourth-order valence-electron chi connectivity index (χ4n) is 8.37. The Morgan fingerprint density at radius 1 is 0.920 bits per heavy atom. The van der Waals surface area contributed by atoms with Crippen molar-refractivity contribution in [2.45, 2.75) is 83.2 Å². The zero-order valence-electron chi connectivity index (χ0n) is 15.6. The first-order valence-electron chi connectivity index (χ1n) is 9.91. The first-order valence-corrected chi connectivity index (χ1v) is 9.91. The maximum Gasteiger partial charge on any atom is 0.119 e. The largest absolute Gasteiger partial charge is 0.393 e. The van der Waals surface area contributed by atoms with Gasteiger partial charge in [0.1, 0.15) is 5.60 Å². The predicted octanol–water partition coefficient (Wildman–Crippen LogP) is 1.05. The summed E-state index contributed by atoms with van der Waals surface area (Å²) in [4.78, 5) is 0. The monoisotopic (exact) mass is 354 g/mol. The molecule has 5 heteroatoms. The third-order valence-electron chi connectivity index (χ3n) is 9.06. The molecule has 0 aliphatic heterocycles. The van der Waals surface area contributed by atoms with Gasteiger partial charge in [-0.25, -0.2) is 0 Å². The predicted molar refractivity (Wildman–Crippen MR) is 92.5 cm³/mol. The molecule has 4 fully saturated rings. The minimum absolute atomic E-state index is 0.0205. The van der Waals surface area contributed by atoms with Gasteiger partial charge >= 0.3 is 0 Å². The summed E-state index contributed by atoms with van der Waals surface area (Å²) in [6.07, 6.45) is 2.22. The van der Waals surface area contributed by atoms with E-state index in [1.807, 2.05) is 0 Å². The molecule has 0 aromatic heterocycles. The second kappa shape index (κ2) is 5.20. The van der Waals surface area contributed by atoms with E-state index < -0.39 is 35.7 Å². The van der Waals surface area contributed by atoms with Gasteiger partial charge in [0, 0.05) is 11.3 Å². The van der Waals surface area contributed by atoms with Crippen molar-refractivity contribution in [2.24, 2.45) is 34.0 Å². The normalized spacial score (nSPS) is 60.0. The van der Waals surface area contributed by atoms with Gasteiger partial charge in [-0.1, -0.05) is 20.8 Å². The average Bonchev–Trinajstić information content (AvgIpc) is 2.61. The molecule has 0 unspecified atom stereocenters. The Balaban J connectivity index is 1.82. The first-order chi connectivity index (χ1) is 11.5. The zero-order chi connectivity index (χ0) is 18.4. The fraction of sp³-hybridized carbons (Fsp3) is 1.00. The minimum Gasteiger partial charge on any atom is -0.393 e. The van der Waals surface area contributed by atoms with Gasteiger partial charge in [0.2, 0.25) is 0 Å². The standard InChI is InChI=1S/C20H34O5/c1-17(2)8-11(22)9-18(3)13(17)6-7-19-14(18)5-4-12(15(19)23)20(25,10-21)16(19)24/h11-16,21-25H,4-10H2,1-3H3/t11-,12-,13-,14+,15+,16-,18-,19+,20+/m1/s1. The Kier molecular flexibility index (Phi) is 3.78. The summed E-state index contributed by atoms with van der Waals surface area (Å²) in [6.45, 7) is 6.17. The average molecular weight is 354 g/mol. The lowest BCUT2D eigenvalue weighted by Gasteiger charge is -2.65. The van der Waals surface area contributed by atoms with Crippen LogP contribution in [0.25, 0.3) is 0 Å². The molecule has 5 N–H and O–H groups in total. The Hall–Kier alpha value is -0.200. The number of fused-ring (bicyclic) bond motifs is 3. The van der Waals surface area contributed by atoms with E-state index in [-0.39, 0.29) is 22.9 Å². The van der Waals surface area contributed by atoms with Crippen LogP contribution in [0.15, 0.2) is 0 Å². The van der Waals surface area contributed by atoms with Crippen molar-refractivity contribution in [2.75, 3.05) is 6.61 Å². The van der Waals surface area contributed by atoms with E-state index in [4.69, 9.17) is 0 Å². The van der Waals surface area contributed by atoms with Crippen LogP contribution in [0, 0.1) is 34.0 Å². The molecule has 5 nitrogen and oxygen atoms in total. The summed E-state index contributed by atoms with van der Waals surface area (Å²) in [7, 11) is 0. The number of rotatable bonds is 1. The van der Waals surface area contributed by atoms with Gasteiger partial charge in [-0.05, 0) is 61.2 Å². The third kappa shape index (κ3) is 1.97. The smallest absolute Gasteiger partial charge is 0.119 e. The molecule has 0 amide bonds.